The zero-order valence-electron chi connectivity index (χ0n) is 11.1. The summed E-state index contributed by atoms with van der Waals surface area (Å²) in [5.41, 5.74) is 7.30. The Morgan fingerprint density at radius 3 is 2.39 bits per heavy atom. The van der Waals surface area contributed by atoms with E-state index in [4.69, 9.17) is 5.73 Å². The van der Waals surface area contributed by atoms with E-state index in [0.29, 0.717) is 5.69 Å². The fourth-order valence-corrected chi connectivity index (χ4v) is 1.20. The molecule has 6 heteroatoms. The Bertz CT molecular complexity index is 391. The number of nitrogens with one attached hydrogen (secondary N) is 1. The van der Waals surface area contributed by atoms with E-state index in [-0.39, 0.29) is 36.1 Å². The van der Waals surface area contributed by atoms with Gasteiger partial charge in [0.2, 0.25) is 5.91 Å². The molecule has 104 valence electrons. The summed E-state index contributed by atoms with van der Waals surface area (Å²) in [6.45, 7) is 7.73. The van der Waals surface area contributed by atoms with Gasteiger partial charge in [-0.1, -0.05) is 20.8 Å². The maximum absolute atomic E-state index is 11.8. The lowest BCUT2D eigenvalue weighted by Crippen LogP contribution is -2.45. The van der Waals surface area contributed by atoms with Crippen LogP contribution in [0.3, 0.4) is 0 Å². The molecule has 0 fully saturated rings. The predicted molar refractivity (Wildman–Crippen MR) is 79.5 cm³/mol. The molecule has 0 saturated carbocycles. The minimum Gasteiger partial charge on any atom is -0.323 e. The summed E-state index contributed by atoms with van der Waals surface area (Å²) in [7, 11) is 0. The van der Waals surface area contributed by atoms with Crippen LogP contribution in [-0.2, 0) is 4.79 Å². The Labute approximate surface area is 121 Å². The Morgan fingerprint density at radius 1 is 1.39 bits per heavy atom. The van der Waals surface area contributed by atoms with E-state index >= 15 is 0 Å². The van der Waals surface area contributed by atoms with Gasteiger partial charge < -0.3 is 11.1 Å². The van der Waals surface area contributed by atoms with Crippen molar-refractivity contribution in [3.05, 3.63) is 24.0 Å². The Morgan fingerprint density at radius 2 is 1.94 bits per heavy atom. The molecule has 0 aliphatic heterocycles. The number of aromatic nitrogens is 1. The van der Waals surface area contributed by atoms with Crippen molar-refractivity contribution in [2.24, 2.45) is 11.1 Å². The molecule has 0 bridgehead atoms. The van der Waals surface area contributed by atoms with Gasteiger partial charge in [0.05, 0.1) is 17.9 Å². The van der Waals surface area contributed by atoms with E-state index in [2.05, 4.69) is 10.3 Å². The number of pyridine rings is 1. The third kappa shape index (κ3) is 5.21. The van der Waals surface area contributed by atoms with Crippen LogP contribution in [-0.4, -0.2) is 16.9 Å². The van der Waals surface area contributed by atoms with Gasteiger partial charge in [-0.3, -0.25) is 9.78 Å². The molecule has 0 unspecified atom stereocenters. The van der Waals surface area contributed by atoms with Crippen molar-refractivity contribution in [2.45, 2.75) is 33.7 Å². The lowest BCUT2D eigenvalue weighted by atomic mass is 9.87. The molecule has 1 heterocycles. The van der Waals surface area contributed by atoms with Crippen LogP contribution in [0.2, 0.25) is 0 Å². The van der Waals surface area contributed by atoms with Gasteiger partial charge in [-0.15, -0.1) is 24.8 Å². The van der Waals surface area contributed by atoms with Crippen molar-refractivity contribution in [1.82, 2.24) is 4.98 Å². The standard InChI is InChI=1S/C12H19N3O.2ClH/c1-8-5-6-14-7-9(8)15-11(16)10(13)12(2,3)4;;/h5-7,10H,13H2,1-4H3,(H,15,16);2*1H/t10-;;/m1../s1. The molecule has 1 aromatic rings. The van der Waals surface area contributed by atoms with Crippen LogP contribution in [0.5, 0.6) is 0 Å². The zero-order valence-corrected chi connectivity index (χ0v) is 12.7. The van der Waals surface area contributed by atoms with Crippen molar-refractivity contribution in [3.8, 4) is 0 Å². The Hall–Kier alpha value is -0.840. The van der Waals surface area contributed by atoms with E-state index in [9.17, 15) is 4.79 Å². The molecule has 1 aromatic heterocycles. The molecule has 4 nitrogen and oxygen atoms in total. The third-order valence-corrected chi connectivity index (χ3v) is 2.51. The summed E-state index contributed by atoms with van der Waals surface area (Å²) < 4.78 is 0. The summed E-state index contributed by atoms with van der Waals surface area (Å²) in [5, 5.41) is 2.79. The van der Waals surface area contributed by atoms with Crippen LogP contribution in [0.1, 0.15) is 26.3 Å². The first kappa shape index (κ1) is 19.5. The maximum Gasteiger partial charge on any atom is 0.241 e. The third-order valence-electron chi connectivity index (χ3n) is 2.51. The molecule has 18 heavy (non-hydrogen) atoms. The summed E-state index contributed by atoms with van der Waals surface area (Å²) in [6, 6.07) is 1.31. The number of carbonyl (C=O) groups is 1. The van der Waals surface area contributed by atoms with Crippen LogP contribution in [0.15, 0.2) is 18.5 Å². The van der Waals surface area contributed by atoms with E-state index in [1.54, 1.807) is 12.4 Å². The SMILES string of the molecule is Cc1ccncc1NC(=O)[C@@H](N)C(C)(C)C.Cl.Cl. The summed E-state index contributed by atoms with van der Waals surface area (Å²) in [4.78, 5) is 15.8. The first-order valence-electron chi connectivity index (χ1n) is 5.29. The number of rotatable bonds is 2. The minimum absolute atomic E-state index is 0. The number of amides is 1. The van der Waals surface area contributed by atoms with Crippen molar-refractivity contribution in [2.75, 3.05) is 5.32 Å². The van der Waals surface area contributed by atoms with Gasteiger partial charge in [-0.05, 0) is 24.0 Å². The number of nitrogens with zero attached hydrogens (tertiary/aromatic N) is 1. The summed E-state index contributed by atoms with van der Waals surface area (Å²) >= 11 is 0. The molecular weight excluding hydrogens is 273 g/mol. The fraction of sp³-hybridized carbons (Fsp3) is 0.500. The monoisotopic (exact) mass is 293 g/mol. The number of nitrogens with two attached hydrogens (primary N) is 1. The molecule has 0 aromatic carbocycles. The first-order chi connectivity index (χ1) is 7.32. The van der Waals surface area contributed by atoms with Crippen molar-refractivity contribution in [3.63, 3.8) is 0 Å². The molecule has 0 aliphatic rings. The molecule has 1 rings (SSSR count). The van der Waals surface area contributed by atoms with Gasteiger partial charge in [0.1, 0.15) is 0 Å². The predicted octanol–water partition coefficient (Wildman–Crippen LogP) is 2.55. The van der Waals surface area contributed by atoms with Gasteiger partial charge >= 0.3 is 0 Å². The smallest absolute Gasteiger partial charge is 0.241 e. The number of halogens is 2. The number of aryl methyl sites for hydroxylation is 1. The van der Waals surface area contributed by atoms with Crippen LogP contribution in [0.25, 0.3) is 0 Å². The Kier molecular flexibility index (Phi) is 8.19. The highest BCUT2D eigenvalue weighted by molar-refractivity contribution is 5.95. The zero-order chi connectivity index (χ0) is 12.3. The van der Waals surface area contributed by atoms with Crippen molar-refractivity contribution in [1.29, 1.82) is 0 Å². The highest BCUT2D eigenvalue weighted by atomic mass is 35.5. The number of hydrogen-bond donors (Lipinski definition) is 2. The van der Waals surface area contributed by atoms with Crippen LogP contribution in [0, 0.1) is 12.3 Å². The second kappa shape index (κ2) is 7.56. The second-order valence-electron chi connectivity index (χ2n) is 5.02. The Balaban J connectivity index is 0. The van der Waals surface area contributed by atoms with E-state index in [0.717, 1.165) is 5.56 Å². The lowest BCUT2D eigenvalue weighted by Gasteiger charge is -2.26. The van der Waals surface area contributed by atoms with Gasteiger partial charge in [-0.2, -0.15) is 0 Å². The normalized spacial score (nSPS) is 11.8. The highest BCUT2D eigenvalue weighted by Gasteiger charge is 2.27. The second-order valence-corrected chi connectivity index (χ2v) is 5.02. The largest absolute Gasteiger partial charge is 0.323 e. The molecule has 0 saturated heterocycles. The molecular formula is C12H21Cl2N3O. The highest BCUT2D eigenvalue weighted by Crippen LogP contribution is 2.19. The molecule has 1 atom stereocenters. The maximum atomic E-state index is 11.8. The quantitative estimate of drug-likeness (QED) is 0.880. The van der Waals surface area contributed by atoms with E-state index in [1.807, 2.05) is 33.8 Å². The van der Waals surface area contributed by atoms with Crippen molar-refractivity contribution >= 4 is 36.4 Å². The minimum atomic E-state index is -0.535. The average molecular weight is 294 g/mol. The summed E-state index contributed by atoms with van der Waals surface area (Å²) in [6.07, 6.45) is 3.32. The molecule has 3 N–H and O–H groups in total. The van der Waals surface area contributed by atoms with Gasteiger partial charge in [0.25, 0.3) is 0 Å². The van der Waals surface area contributed by atoms with Gasteiger partial charge in [0.15, 0.2) is 0 Å². The van der Waals surface area contributed by atoms with Crippen molar-refractivity contribution < 1.29 is 4.79 Å². The number of carbonyl (C=O) groups excluding carboxylic acids is 1. The van der Waals surface area contributed by atoms with Crippen LogP contribution >= 0.6 is 24.8 Å². The first-order valence-corrected chi connectivity index (χ1v) is 5.29. The van der Waals surface area contributed by atoms with Gasteiger partial charge in [-0.25, -0.2) is 0 Å². The fourth-order valence-electron chi connectivity index (χ4n) is 1.20. The summed E-state index contributed by atoms with van der Waals surface area (Å²) in [5.74, 6) is -0.177. The average Bonchev–Trinajstić information content (AvgIpc) is 2.19. The number of hydrogen-bond acceptors (Lipinski definition) is 3. The molecule has 1 amide bonds. The van der Waals surface area contributed by atoms with Crippen LogP contribution < -0.4 is 11.1 Å². The molecule has 0 aliphatic carbocycles. The lowest BCUT2D eigenvalue weighted by molar-refractivity contribution is -0.119. The van der Waals surface area contributed by atoms with Crippen LogP contribution in [0.4, 0.5) is 5.69 Å². The topological polar surface area (TPSA) is 68.0 Å². The molecule has 0 radical (unpaired) electrons. The van der Waals surface area contributed by atoms with Gasteiger partial charge in [0, 0.05) is 6.20 Å². The van der Waals surface area contributed by atoms with E-state index < -0.39 is 6.04 Å². The van der Waals surface area contributed by atoms with E-state index in [1.165, 1.54) is 0 Å². The number of anilines is 1. The molecule has 0 spiro atoms.